The molecule has 2 heterocycles. The number of benzene rings is 1. The molecule has 0 spiro atoms. The van der Waals surface area contributed by atoms with Crippen LogP contribution in [0.2, 0.25) is 0 Å². The fourth-order valence-electron chi connectivity index (χ4n) is 1.90. The Balaban J connectivity index is 2.47. The topological polar surface area (TPSA) is 25.8 Å². The van der Waals surface area contributed by atoms with Crippen LogP contribution in [0.25, 0.3) is 21.8 Å². The lowest BCUT2D eigenvalue weighted by Gasteiger charge is -2.03. The molecule has 3 rings (SSSR count). The molecule has 1 radical (unpaired) electrons. The maximum absolute atomic E-state index is 4.60. The lowest BCUT2D eigenvalue weighted by molar-refractivity contribution is 1.14. The summed E-state index contributed by atoms with van der Waals surface area (Å²) < 4.78 is 0. The number of aromatic nitrogens is 2. The summed E-state index contributed by atoms with van der Waals surface area (Å²) in [5, 5.41) is 2.26. The van der Waals surface area contributed by atoms with Crippen LogP contribution in [0.1, 0.15) is 5.69 Å². The molecule has 0 saturated carbocycles. The van der Waals surface area contributed by atoms with Crippen LogP contribution in [-0.4, -0.2) is 9.97 Å². The summed E-state index contributed by atoms with van der Waals surface area (Å²) in [7, 11) is 0. The standard InChI is InChI=1S/C14H11N2/c1-2-12-8-7-11-6-5-10-4-3-9-15-13(10)14(11)16-12/h3-9H,1-2H2. The van der Waals surface area contributed by atoms with Crippen molar-refractivity contribution in [3.63, 3.8) is 0 Å². The van der Waals surface area contributed by atoms with Crippen LogP contribution in [0.15, 0.2) is 42.6 Å². The Kier molecular flexibility index (Phi) is 2.07. The summed E-state index contributed by atoms with van der Waals surface area (Å²) in [5.74, 6) is 0. The van der Waals surface area contributed by atoms with E-state index in [4.69, 9.17) is 0 Å². The molecule has 1 aromatic carbocycles. The van der Waals surface area contributed by atoms with Crippen LogP contribution in [0, 0.1) is 6.92 Å². The molecule has 0 aliphatic carbocycles. The van der Waals surface area contributed by atoms with Crippen LogP contribution in [0.3, 0.4) is 0 Å². The van der Waals surface area contributed by atoms with Gasteiger partial charge in [-0.15, -0.1) is 0 Å². The smallest absolute Gasteiger partial charge is 0.0967 e. The van der Waals surface area contributed by atoms with Gasteiger partial charge in [0.1, 0.15) is 0 Å². The van der Waals surface area contributed by atoms with Gasteiger partial charge in [0.05, 0.1) is 11.0 Å². The highest BCUT2D eigenvalue weighted by Gasteiger charge is 2.03. The minimum absolute atomic E-state index is 0.708. The quantitative estimate of drug-likeness (QED) is 0.573. The number of fused-ring (bicyclic) bond motifs is 3. The molecule has 0 unspecified atom stereocenters. The van der Waals surface area contributed by atoms with Gasteiger partial charge in [-0.25, -0.2) is 0 Å². The summed E-state index contributed by atoms with van der Waals surface area (Å²) in [6.45, 7) is 3.86. The third-order valence-corrected chi connectivity index (χ3v) is 2.75. The zero-order valence-corrected chi connectivity index (χ0v) is 8.85. The van der Waals surface area contributed by atoms with Gasteiger partial charge in [0.2, 0.25) is 0 Å². The molecule has 2 nitrogen and oxygen atoms in total. The first kappa shape index (κ1) is 9.28. The van der Waals surface area contributed by atoms with Crippen LogP contribution in [-0.2, 0) is 6.42 Å². The van der Waals surface area contributed by atoms with Crippen molar-refractivity contribution in [2.24, 2.45) is 0 Å². The van der Waals surface area contributed by atoms with E-state index in [0.29, 0.717) is 6.42 Å². The second kappa shape index (κ2) is 3.56. The molecule has 0 saturated heterocycles. The molecular formula is C14H11N2. The molecule has 0 bridgehead atoms. The van der Waals surface area contributed by atoms with Gasteiger partial charge in [0.15, 0.2) is 0 Å². The minimum Gasteiger partial charge on any atom is -0.254 e. The Bertz CT molecular complexity index is 659. The fourth-order valence-corrected chi connectivity index (χ4v) is 1.90. The molecule has 2 heteroatoms. The van der Waals surface area contributed by atoms with E-state index in [1.165, 1.54) is 0 Å². The predicted molar refractivity (Wildman–Crippen MR) is 66.1 cm³/mol. The minimum atomic E-state index is 0.708. The van der Waals surface area contributed by atoms with E-state index >= 15 is 0 Å². The van der Waals surface area contributed by atoms with Gasteiger partial charge >= 0.3 is 0 Å². The second-order valence-corrected chi connectivity index (χ2v) is 3.76. The first-order valence-electron chi connectivity index (χ1n) is 5.31. The third-order valence-electron chi connectivity index (χ3n) is 2.75. The van der Waals surface area contributed by atoms with E-state index in [-0.39, 0.29) is 0 Å². The average molecular weight is 207 g/mol. The summed E-state index contributed by atoms with van der Waals surface area (Å²) in [6.07, 6.45) is 2.51. The summed E-state index contributed by atoms with van der Waals surface area (Å²) in [6, 6.07) is 12.3. The van der Waals surface area contributed by atoms with Crippen molar-refractivity contribution in [3.05, 3.63) is 55.2 Å². The van der Waals surface area contributed by atoms with E-state index in [9.17, 15) is 0 Å². The van der Waals surface area contributed by atoms with Gasteiger partial charge in [-0.3, -0.25) is 9.97 Å². The predicted octanol–water partition coefficient (Wildman–Crippen LogP) is 3.16. The van der Waals surface area contributed by atoms with Gasteiger partial charge in [-0.05, 0) is 25.5 Å². The molecular weight excluding hydrogens is 196 g/mol. The van der Waals surface area contributed by atoms with Crippen molar-refractivity contribution in [2.75, 3.05) is 0 Å². The SMILES string of the molecule is [CH2]Cc1ccc2ccc3cccnc3c2n1. The molecule has 0 atom stereocenters. The molecule has 0 aliphatic heterocycles. The third kappa shape index (κ3) is 1.34. The van der Waals surface area contributed by atoms with Gasteiger partial charge in [-0.2, -0.15) is 0 Å². The monoisotopic (exact) mass is 207 g/mol. The Morgan fingerprint density at radius 3 is 2.50 bits per heavy atom. The number of rotatable bonds is 1. The van der Waals surface area contributed by atoms with Gasteiger partial charge < -0.3 is 0 Å². The highest BCUT2D eigenvalue weighted by Crippen LogP contribution is 2.21. The maximum Gasteiger partial charge on any atom is 0.0967 e. The fraction of sp³-hybridized carbons (Fsp3) is 0.0714. The molecule has 2 aromatic heterocycles. The van der Waals surface area contributed by atoms with Crippen molar-refractivity contribution in [1.82, 2.24) is 9.97 Å². The molecule has 0 amide bonds. The Morgan fingerprint density at radius 2 is 1.69 bits per heavy atom. The molecule has 0 fully saturated rings. The van der Waals surface area contributed by atoms with Crippen molar-refractivity contribution in [3.8, 4) is 0 Å². The molecule has 0 aliphatic rings. The van der Waals surface area contributed by atoms with E-state index in [0.717, 1.165) is 27.5 Å². The van der Waals surface area contributed by atoms with E-state index in [1.54, 1.807) is 6.20 Å². The molecule has 16 heavy (non-hydrogen) atoms. The first-order chi connectivity index (χ1) is 7.88. The lowest BCUT2D eigenvalue weighted by Crippen LogP contribution is -1.90. The van der Waals surface area contributed by atoms with E-state index in [2.05, 4.69) is 41.2 Å². The van der Waals surface area contributed by atoms with Crippen molar-refractivity contribution in [1.29, 1.82) is 0 Å². The lowest BCUT2D eigenvalue weighted by atomic mass is 10.1. The Morgan fingerprint density at radius 1 is 0.938 bits per heavy atom. The number of hydrogen-bond acceptors (Lipinski definition) is 2. The van der Waals surface area contributed by atoms with Crippen LogP contribution in [0.4, 0.5) is 0 Å². The first-order valence-corrected chi connectivity index (χ1v) is 5.31. The van der Waals surface area contributed by atoms with Crippen molar-refractivity contribution >= 4 is 21.8 Å². The Labute approximate surface area is 94.0 Å². The number of pyridine rings is 2. The largest absolute Gasteiger partial charge is 0.254 e. The molecule has 0 N–H and O–H groups in total. The van der Waals surface area contributed by atoms with E-state index in [1.807, 2.05) is 12.1 Å². The number of hydrogen-bond donors (Lipinski definition) is 0. The second-order valence-electron chi connectivity index (χ2n) is 3.76. The summed E-state index contributed by atoms with van der Waals surface area (Å²) in [5.41, 5.74) is 2.94. The normalized spacial score (nSPS) is 11.1. The van der Waals surface area contributed by atoms with Crippen LogP contribution < -0.4 is 0 Å². The van der Waals surface area contributed by atoms with Gasteiger partial charge in [0, 0.05) is 22.7 Å². The highest BCUT2D eigenvalue weighted by atomic mass is 14.7. The average Bonchev–Trinajstić information content (AvgIpc) is 2.38. The highest BCUT2D eigenvalue weighted by molar-refractivity contribution is 6.02. The van der Waals surface area contributed by atoms with Crippen LogP contribution in [0.5, 0.6) is 0 Å². The van der Waals surface area contributed by atoms with Gasteiger partial charge in [0.25, 0.3) is 0 Å². The molecule has 3 aromatic rings. The maximum atomic E-state index is 4.60. The van der Waals surface area contributed by atoms with E-state index < -0.39 is 0 Å². The summed E-state index contributed by atoms with van der Waals surface area (Å²) >= 11 is 0. The van der Waals surface area contributed by atoms with Crippen molar-refractivity contribution in [2.45, 2.75) is 6.42 Å². The van der Waals surface area contributed by atoms with Gasteiger partial charge in [-0.1, -0.05) is 24.3 Å². The summed E-state index contributed by atoms with van der Waals surface area (Å²) in [4.78, 5) is 9.00. The number of nitrogens with zero attached hydrogens (tertiary/aromatic N) is 2. The molecule has 77 valence electrons. The Hall–Kier alpha value is -1.96. The zero-order valence-electron chi connectivity index (χ0n) is 8.85. The van der Waals surface area contributed by atoms with Crippen LogP contribution >= 0.6 is 0 Å². The van der Waals surface area contributed by atoms with Crippen molar-refractivity contribution < 1.29 is 0 Å². The zero-order chi connectivity index (χ0) is 11.0.